The minimum absolute atomic E-state index is 0.0578. The highest BCUT2D eigenvalue weighted by Crippen LogP contribution is 2.23. The van der Waals surface area contributed by atoms with Crippen molar-refractivity contribution in [2.75, 3.05) is 26.7 Å². The number of fused-ring (bicyclic) bond motifs is 1. The third kappa shape index (κ3) is 7.05. The van der Waals surface area contributed by atoms with Crippen LogP contribution in [0.4, 0.5) is 0 Å². The number of methoxy groups -OCH3 is 1. The largest absolute Gasteiger partial charge is 0.497 e. The van der Waals surface area contributed by atoms with Gasteiger partial charge in [0.25, 0.3) is 0 Å². The van der Waals surface area contributed by atoms with E-state index in [-0.39, 0.29) is 5.78 Å². The van der Waals surface area contributed by atoms with Crippen LogP contribution in [0.15, 0.2) is 60.8 Å². The maximum Gasteiger partial charge on any atom is 0.185 e. The number of ether oxygens (including phenoxy) is 1. The third-order valence-electron chi connectivity index (χ3n) is 5.73. The molecule has 1 atom stereocenters. The van der Waals surface area contributed by atoms with Crippen molar-refractivity contribution in [3.8, 4) is 5.75 Å². The van der Waals surface area contributed by atoms with Crippen LogP contribution in [0.1, 0.15) is 43.6 Å². The fourth-order valence-electron chi connectivity index (χ4n) is 4.42. The zero-order chi connectivity index (χ0) is 24.7. The molecule has 3 aromatic rings. The summed E-state index contributed by atoms with van der Waals surface area (Å²) in [6.45, 7) is 12.0. The van der Waals surface area contributed by atoms with Crippen LogP contribution in [0.25, 0.3) is 17.0 Å². The van der Waals surface area contributed by atoms with Gasteiger partial charge in [0.2, 0.25) is 0 Å². The zero-order valence-electron chi connectivity index (χ0n) is 21.1. The lowest BCUT2D eigenvalue weighted by molar-refractivity contribution is 0.0869. The van der Waals surface area contributed by atoms with Crippen LogP contribution in [0, 0.1) is 11.8 Å². The predicted molar refractivity (Wildman–Crippen MR) is 140 cm³/mol. The molecule has 3 rings (SSSR count). The molecule has 0 amide bonds. The van der Waals surface area contributed by atoms with Crippen molar-refractivity contribution in [3.05, 3.63) is 71.9 Å². The second-order valence-corrected chi connectivity index (χ2v) is 9.84. The van der Waals surface area contributed by atoms with Crippen LogP contribution < -0.4 is 4.74 Å². The molecule has 0 saturated heterocycles. The molecule has 0 aliphatic heterocycles. The number of aliphatic hydroxyl groups excluding tert-OH is 1. The van der Waals surface area contributed by atoms with E-state index in [4.69, 9.17) is 4.74 Å². The number of benzene rings is 2. The van der Waals surface area contributed by atoms with Gasteiger partial charge in [0.05, 0.1) is 13.2 Å². The van der Waals surface area contributed by atoms with Gasteiger partial charge in [-0.05, 0) is 54.3 Å². The van der Waals surface area contributed by atoms with Crippen molar-refractivity contribution in [3.63, 3.8) is 0 Å². The molecule has 2 aromatic carbocycles. The number of aliphatic hydroxyl groups is 1. The number of hydrogen-bond donors (Lipinski definition) is 1. The van der Waals surface area contributed by atoms with Gasteiger partial charge < -0.3 is 19.3 Å². The number of allylic oxidation sites excluding steroid dienone is 1. The molecular weight excluding hydrogens is 424 g/mol. The molecule has 1 N–H and O–H groups in total. The van der Waals surface area contributed by atoms with Crippen molar-refractivity contribution >= 4 is 22.8 Å². The molecule has 0 radical (unpaired) electrons. The first-order valence-electron chi connectivity index (χ1n) is 12.1. The first-order valence-corrected chi connectivity index (χ1v) is 12.1. The van der Waals surface area contributed by atoms with Crippen LogP contribution in [0.2, 0.25) is 0 Å². The van der Waals surface area contributed by atoms with Crippen LogP contribution in [0.5, 0.6) is 5.75 Å². The normalized spacial score (nSPS) is 13.0. The Bertz CT molecular complexity index is 1090. The molecule has 1 heterocycles. The molecular formula is C29H38N2O3. The molecule has 182 valence electrons. The van der Waals surface area contributed by atoms with Crippen LogP contribution in [0.3, 0.4) is 0 Å². The van der Waals surface area contributed by atoms with Gasteiger partial charge >= 0.3 is 0 Å². The minimum atomic E-state index is -0.480. The summed E-state index contributed by atoms with van der Waals surface area (Å²) in [6.07, 6.45) is 5.02. The van der Waals surface area contributed by atoms with Crippen LogP contribution in [-0.2, 0) is 6.54 Å². The Labute approximate surface area is 203 Å². The summed E-state index contributed by atoms with van der Waals surface area (Å²) in [5.74, 6) is 1.77. The zero-order valence-corrected chi connectivity index (χ0v) is 21.1. The number of nitrogens with zero attached hydrogens (tertiary/aromatic N) is 2. The lowest BCUT2D eigenvalue weighted by Crippen LogP contribution is -2.39. The number of ketones is 1. The van der Waals surface area contributed by atoms with Crippen molar-refractivity contribution in [1.29, 1.82) is 0 Å². The average Bonchev–Trinajstić information content (AvgIpc) is 3.14. The maximum atomic E-state index is 12.7. The predicted octanol–water partition coefficient (Wildman–Crippen LogP) is 5.52. The second-order valence-electron chi connectivity index (χ2n) is 9.84. The van der Waals surface area contributed by atoms with E-state index in [9.17, 15) is 9.90 Å². The molecule has 0 bridgehead atoms. The van der Waals surface area contributed by atoms with Crippen molar-refractivity contribution in [1.82, 2.24) is 9.47 Å². The summed E-state index contributed by atoms with van der Waals surface area (Å²) < 4.78 is 7.26. The molecule has 0 aliphatic rings. The Morgan fingerprint density at radius 2 is 1.65 bits per heavy atom. The summed E-state index contributed by atoms with van der Waals surface area (Å²) in [7, 11) is 1.61. The van der Waals surface area contributed by atoms with Gasteiger partial charge in [0.1, 0.15) is 5.75 Å². The maximum absolute atomic E-state index is 12.7. The summed E-state index contributed by atoms with van der Waals surface area (Å²) in [4.78, 5) is 15.0. The Morgan fingerprint density at radius 3 is 2.26 bits per heavy atom. The fourth-order valence-corrected chi connectivity index (χ4v) is 4.42. The lowest BCUT2D eigenvalue weighted by atomic mass is 10.1. The van der Waals surface area contributed by atoms with E-state index in [1.54, 1.807) is 37.5 Å². The summed E-state index contributed by atoms with van der Waals surface area (Å²) in [5, 5.41) is 12.0. The number of carbonyl (C=O) groups is 1. The Hall–Kier alpha value is -2.89. The molecule has 0 spiro atoms. The van der Waals surface area contributed by atoms with Gasteiger partial charge in [-0.1, -0.05) is 45.9 Å². The Kier molecular flexibility index (Phi) is 9.08. The monoisotopic (exact) mass is 462 g/mol. The molecule has 0 saturated carbocycles. The quantitative estimate of drug-likeness (QED) is 0.284. The van der Waals surface area contributed by atoms with Crippen molar-refractivity contribution < 1.29 is 14.6 Å². The number of rotatable bonds is 12. The Balaban J connectivity index is 1.77. The summed E-state index contributed by atoms with van der Waals surface area (Å²) in [6, 6.07) is 15.2. The van der Waals surface area contributed by atoms with Gasteiger partial charge in [-0.2, -0.15) is 0 Å². The second kappa shape index (κ2) is 12.0. The Morgan fingerprint density at radius 1 is 1.00 bits per heavy atom. The molecule has 1 aromatic heterocycles. The molecule has 0 aliphatic carbocycles. The third-order valence-corrected chi connectivity index (χ3v) is 5.73. The fraction of sp³-hybridized carbons (Fsp3) is 0.414. The number of para-hydroxylation sites is 1. The van der Waals surface area contributed by atoms with Gasteiger partial charge in [-0.25, -0.2) is 0 Å². The van der Waals surface area contributed by atoms with E-state index in [1.807, 2.05) is 24.4 Å². The van der Waals surface area contributed by atoms with E-state index in [0.717, 1.165) is 35.3 Å². The smallest absolute Gasteiger partial charge is 0.185 e. The molecule has 5 heteroatoms. The molecule has 0 fully saturated rings. The lowest BCUT2D eigenvalue weighted by Gasteiger charge is -2.28. The van der Waals surface area contributed by atoms with Crippen LogP contribution >= 0.6 is 0 Å². The first kappa shape index (κ1) is 25.7. The van der Waals surface area contributed by atoms with Gasteiger partial charge in [0.15, 0.2) is 5.78 Å². The van der Waals surface area contributed by atoms with Crippen molar-refractivity contribution in [2.45, 2.75) is 40.3 Å². The summed E-state index contributed by atoms with van der Waals surface area (Å²) in [5.41, 5.74) is 2.63. The standard InChI is InChI=1S/C29H38N2O3/c1-21(2)16-30(17-22(3)4)19-25(32)20-31-18-24(27-8-6-7-9-28(27)31)12-15-29(33)23-10-13-26(34-5)14-11-23/h6-15,18,21-22,25,32H,16-17,19-20H2,1-5H3/b15-12-/t25-/m1/s1. The van der Waals surface area contributed by atoms with E-state index in [0.29, 0.717) is 30.5 Å². The van der Waals surface area contributed by atoms with Gasteiger partial charge in [-0.3, -0.25) is 4.79 Å². The first-order chi connectivity index (χ1) is 16.3. The number of hydrogen-bond acceptors (Lipinski definition) is 4. The van der Waals surface area contributed by atoms with Gasteiger partial charge in [-0.15, -0.1) is 0 Å². The highest BCUT2D eigenvalue weighted by Gasteiger charge is 2.16. The topological polar surface area (TPSA) is 54.7 Å². The molecule has 34 heavy (non-hydrogen) atoms. The van der Waals surface area contributed by atoms with E-state index >= 15 is 0 Å². The highest BCUT2D eigenvalue weighted by molar-refractivity contribution is 6.07. The van der Waals surface area contributed by atoms with Gasteiger partial charge in [0, 0.05) is 54.4 Å². The van der Waals surface area contributed by atoms with E-state index in [2.05, 4.69) is 49.3 Å². The SMILES string of the molecule is COc1ccc(C(=O)/C=C\c2cn(C[C@H](O)CN(CC(C)C)CC(C)C)c3ccccc23)cc1. The summed E-state index contributed by atoms with van der Waals surface area (Å²) >= 11 is 0. The average molecular weight is 463 g/mol. The minimum Gasteiger partial charge on any atom is -0.497 e. The van der Waals surface area contributed by atoms with Crippen molar-refractivity contribution in [2.24, 2.45) is 11.8 Å². The number of carbonyl (C=O) groups excluding carboxylic acids is 1. The van der Waals surface area contributed by atoms with Crippen LogP contribution in [-0.4, -0.2) is 53.2 Å². The molecule has 0 unspecified atom stereocenters. The number of aromatic nitrogens is 1. The highest BCUT2D eigenvalue weighted by atomic mass is 16.5. The van der Waals surface area contributed by atoms with E-state index in [1.165, 1.54) is 0 Å². The molecule has 5 nitrogen and oxygen atoms in total. The van der Waals surface area contributed by atoms with E-state index < -0.39 is 6.10 Å².